The number of ether oxygens (including phenoxy) is 1. The number of nitrogens with zero attached hydrogens (tertiary/aromatic N) is 3. The van der Waals surface area contributed by atoms with Gasteiger partial charge in [-0.2, -0.15) is 13.2 Å². The van der Waals surface area contributed by atoms with E-state index in [1.807, 2.05) is 0 Å². The first-order valence-corrected chi connectivity index (χ1v) is 9.83. The number of imidazole rings is 1. The van der Waals surface area contributed by atoms with Gasteiger partial charge in [-0.3, -0.25) is 4.79 Å². The second kappa shape index (κ2) is 7.75. The van der Waals surface area contributed by atoms with Gasteiger partial charge in [-0.05, 0) is 37.6 Å². The zero-order chi connectivity index (χ0) is 21.5. The van der Waals surface area contributed by atoms with Crippen LogP contribution in [0, 0.1) is 0 Å². The number of halogens is 3. The molecule has 0 aliphatic carbocycles. The van der Waals surface area contributed by atoms with Gasteiger partial charge in [-0.1, -0.05) is 24.3 Å². The summed E-state index contributed by atoms with van der Waals surface area (Å²) in [6.45, 7) is 5.54. The molecular weight excluding hydrogens is 395 g/mol. The molecule has 0 radical (unpaired) electrons. The Kier molecular flexibility index (Phi) is 5.27. The van der Waals surface area contributed by atoms with Crippen LogP contribution in [0.15, 0.2) is 42.5 Å². The number of aromatic nitrogens is 2. The summed E-state index contributed by atoms with van der Waals surface area (Å²) in [7, 11) is 0. The van der Waals surface area contributed by atoms with E-state index >= 15 is 0 Å². The standard InChI is InChI=1S/C22H22F3N3O2/c1-14(2)28-18-5-3-4-17(19(18)26-21(28)22(23,24)25)15-6-8-16(9-7-15)20(29)27-10-12-30-13-11-27/h3-9,14H,10-13H2,1-2H3. The predicted molar refractivity (Wildman–Crippen MR) is 107 cm³/mol. The number of alkyl halides is 3. The fourth-order valence-corrected chi connectivity index (χ4v) is 3.81. The van der Waals surface area contributed by atoms with Crippen molar-refractivity contribution in [2.75, 3.05) is 26.3 Å². The lowest BCUT2D eigenvalue weighted by atomic mass is 10.0. The van der Waals surface area contributed by atoms with Crippen LogP contribution in [0.3, 0.4) is 0 Å². The van der Waals surface area contributed by atoms with Crippen LogP contribution in [0.5, 0.6) is 0 Å². The van der Waals surface area contributed by atoms with Gasteiger partial charge in [0, 0.05) is 30.3 Å². The molecule has 1 aromatic heterocycles. The molecule has 0 unspecified atom stereocenters. The Bertz CT molecular complexity index is 1070. The SMILES string of the molecule is CC(C)n1c(C(F)(F)F)nc2c(-c3ccc(C(=O)N4CCOCC4)cc3)cccc21. The number of hydrogen-bond acceptors (Lipinski definition) is 3. The maximum atomic E-state index is 13.6. The Hall–Kier alpha value is -2.87. The third-order valence-corrected chi connectivity index (χ3v) is 5.23. The van der Waals surface area contributed by atoms with Crippen molar-refractivity contribution >= 4 is 16.9 Å². The number of fused-ring (bicyclic) bond motifs is 1. The third-order valence-electron chi connectivity index (χ3n) is 5.23. The molecule has 0 N–H and O–H groups in total. The van der Waals surface area contributed by atoms with Gasteiger partial charge in [-0.25, -0.2) is 4.98 Å². The van der Waals surface area contributed by atoms with E-state index in [1.165, 1.54) is 4.57 Å². The first-order chi connectivity index (χ1) is 14.3. The molecule has 0 spiro atoms. The highest BCUT2D eigenvalue weighted by molar-refractivity contribution is 5.96. The average molecular weight is 417 g/mol. The van der Waals surface area contributed by atoms with E-state index in [9.17, 15) is 18.0 Å². The summed E-state index contributed by atoms with van der Waals surface area (Å²) in [5.74, 6) is -0.981. The van der Waals surface area contributed by atoms with Gasteiger partial charge in [0.2, 0.25) is 5.82 Å². The smallest absolute Gasteiger partial charge is 0.378 e. The number of amides is 1. The van der Waals surface area contributed by atoms with E-state index < -0.39 is 18.0 Å². The molecule has 158 valence electrons. The number of morpholine rings is 1. The molecule has 2 heterocycles. The van der Waals surface area contributed by atoms with Crippen LogP contribution in [0.4, 0.5) is 13.2 Å². The molecule has 30 heavy (non-hydrogen) atoms. The monoisotopic (exact) mass is 417 g/mol. The fourth-order valence-electron chi connectivity index (χ4n) is 3.81. The van der Waals surface area contributed by atoms with Gasteiger partial charge in [0.15, 0.2) is 0 Å². The molecule has 1 aliphatic rings. The minimum atomic E-state index is -4.55. The number of para-hydroxylation sites is 1. The number of benzene rings is 2. The summed E-state index contributed by atoms with van der Waals surface area (Å²) in [5.41, 5.74) is 2.58. The van der Waals surface area contributed by atoms with Gasteiger partial charge < -0.3 is 14.2 Å². The molecule has 1 aliphatic heterocycles. The number of rotatable bonds is 3. The van der Waals surface area contributed by atoms with E-state index in [0.29, 0.717) is 54.0 Å². The van der Waals surface area contributed by atoms with Crippen LogP contribution in [0.1, 0.15) is 36.1 Å². The highest BCUT2D eigenvalue weighted by Gasteiger charge is 2.38. The van der Waals surface area contributed by atoms with Crippen molar-refractivity contribution < 1.29 is 22.7 Å². The minimum Gasteiger partial charge on any atom is -0.378 e. The maximum Gasteiger partial charge on any atom is 0.449 e. The molecule has 4 rings (SSSR count). The Balaban J connectivity index is 1.74. The second-order valence-corrected chi connectivity index (χ2v) is 7.55. The Morgan fingerprint density at radius 3 is 2.33 bits per heavy atom. The maximum absolute atomic E-state index is 13.6. The van der Waals surface area contributed by atoms with Crippen LogP contribution in [0.2, 0.25) is 0 Å². The van der Waals surface area contributed by atoms with Crippen LogP contribution in [0.25, 0.3) is 22.2 Å². The molecule has 0 saturated carbocycles. The molecule has 1 amide bonds. The van der Waals surface area contributed by atoms with Crippen molar-refractivity contribution in [3.63, 3.8) is 0 Å². The number of carbonyl (C=O) groups is 1. The Morgan fingerprint density at radius 2 is 1.73 bits per heavy atom. The van der Waals surface area contributed by atoms with Crippen molar-refractivity contribution in [3.05, 3.63) is 53.9 Å². The quantitative estimate of drug-likeness (QED) is 0.617. The number of carbonyl (C=O) groups excluding carboxylic acids is 1. The summed E-state index contributed by atoms with van der Waals surface area (Å²) < 4.78 is 47.2. The molecule has 1 fully saturated rings. The van der Waals surface area contributed by atoms with Gasteiger partial charge >= 0.3 is 6.18 Å². The van der Waals surface area contributed by atoms with E-state index in [1.54, 1.807) is 61.2 Å². The van der Waals surface area contributed by atoms with Gasteiger partial charge in [0.1, 0.15) is 0 Å². The summed E-state index contributed by atoms with van der Waals surface area (Å²) in [6.07, 6.45) is -4.55. The van der Waals surface area contributed by atoms with Crippen LogP contribution >= 0.6 is 0 Å². The van der Waals surface area contributed by atoms with E-state index in [4.69, 9.17) is 4.74 Å². The highest BCUT2D eigenvalue weighted by Crippen LogP contribution is 2.37. The lowest BCUT2D eigenvalue weighted by molar-refractivity contribution is -0.147. The average Bonchev–Trinajstić information content (AvgIpc) is 3.15. The van der Waals surface area contributed by atoms with Crippen LogP contribution < -0.4 is 0 Å². The van der Waals surface area contributed by atoms with Crippen molar-refractivity contribution in [1.82, 2.24) is 14.5 Å². The second-order valence-electron chi connectivity index (χ2n) is 7.55. The van der Waals surface area contributed by atoms with Crippen LogP contribution in [-0.4, -0.2) is 46.7 Å². The van der Waals surface area contributed by atoms with Crippen molar-refractivity contribution in [1.29, 1.82) is 0 Å². The third kappa shape index (κ3) is 3.67. The van der Waals surface area contributed by atoms with E-state index in [-0.39, 0.29) is 5.91 Å². The predicted octanol–water partition coefficient (Wildman–Crippen LogP) is 4.78. The first-order valence-electron chi connectivity index (χ1n) is 9.83. The van der Waals surface area contributed by atoms with E-state index in [0.717, 1.165) is 0 Å². The summed E-state index contributed by atoms with van der Waals surface area (Å²) in [6, 6.07) is 11.7. The van der Waals surface area contributed by atoms with Gasteiger partial charge in [0.25, 0.3) is 5.91 Å². The molecule has 5 nitrogen and oxygen atoms in total. The van der Waals surface area contributed by atoms with Crippen LogP contribution in [-0.2, 0) is 10.9 Å². The lowest BCUT2D eigenvalue weighted by Crippen LogP contribution is -2.40. The largest absolute Gasteiger partial charge is 0.449 e. The lowest BCUT2D eigenvalue weighted by Gasteiger charge is -2.26. The zero-order valence-corrected chi connectivity index (χ0v) is 16.7. The zero-order valence-electron chi connectivity index (χ0n) is 16.7. The first kappa shape index (κ1) is 20.4. The summed E-state index contributed by atoms with van der Waals surface area (Å²) in [5, 5.41) is 0. The highest BCUT2D eigenvalue weighted by atomic mass is 19.4. The summed E-state index contributed by atoms with van der Waals surface area (Å²) >= 11 is 0. The number of hydrogen-bond donors (Lipinski definition) is 0. The van der Waals surface area contributed by atoms with Crippen molar-refractivity contribution in [2.45, 2.75) is 26.1 Å². The molecule has 0 bridgehead atoms. The molecular formula is C22H22F3N3O2. The molecule has 3 aromatic rings. The molecule has 1 saturated heterocycles. The topological polar surface area (TPSA) is 47.4 Å². The molecule has 8 heteroatoms. The normalized spacial score (nSPS) is 15.2. The van der Waals surface area contributed by atoms with Gasteiger partial charge in [0.05, 0.1) is 24.2 Å². The van der Waals surface area contributed by atoms with Crippen molar-refractivity contribution in [3.8, 4) is 11.1 Å². The molecule has 0 atom stereocenters. The van der Waals surface area contributed by atoms with Crippen molar-refractivity contribution in [2.24, 2.45) is 0 Å². The Labute approximate surface area is 172 Å². The fraction of sp³-hybridized carbons (Fsp3) is 0.364. The summed E-state index contributed by atoms with van der Waals surface area (Å²) in [4.78, 5) is 18.3. The van der Waals surface area contributed by atoms with E-state index in [2.05, 4.69) is 4.98 Å². The Morgan fingerprint density at radius 1 is 1.07 bits per heavy atom. The minimum absolute atomic E-state index is 0.0773. The van der Waals surface area contributed by atoms with Gasteiger partial charge in [-0.15, -0.1) is 0 Å². The molecule has 2 aromatic carbocycles.